The van der Waals surface area contributed by atoms with E-state index < -0.39 is 0 Å². The Balaban J connectivity index is 1.51. The summed E-state index contributed by atoms with van der Waals surface area (Å²) >= 11 is 1.68. The van der Waals surface area contributed by atoms with Crippen molar-refractivity contribution in [1.82, 2.24) is 20.2 Å². The first-order valence-electron chi connectivity index (χ1n) is 10.1. The van der Waals surface area contributed by atoms with Crippen LogP contribution >= 0.6 is 11.8 Å². The van der Waals surface area contributed by atoms with Crippen molar-refractivity contribution in [2.75, 3.05) is 39.6 Å². The molecule has 162 valence electrons. The van der Waals surface area contributed by atoms with Crippen LogP contribution in [0.25, 0.3) is 0 Å². The van der Waals surface area contributed by atoms with Crippen LogP contribution in [0.4, 0.5) is 0 Å². The van der Waals surface area contributed by atoms with Gasteiger partial charge >= 0.3 is 0 Å². The number of nitrogens with one attached hydrogen (secondary N) is 1. The monoisotopic (exact) mass is 430 g/mol. The first-order valence-corrected chi connectivity index (χ1v) is 11.1. The molecule has 30 heavy (non-hydrogen) atoms. The van der Waals surface area contributed by atoms with Crippen LogP contribution in [0, 0.1) is 13.8 Å². The van der Waals surface area contributed by atoms with Crippen LogP contribution in [0.5, 0.6) is 5.75 Å². The van der Waals surface area contributed by atoms with Gasteiger partial charge in [-0.1, -0.05) is 23.9 Å². The molecule has 1 aromatic heterocycles. The van der Waals surface area contributed by atoms with Gasteiger partial charge in [0, 0.05) is 43.9 Å². The van der Waals surface area contributed by atoms with Gasteiger partial charge in [-0.2, -0.15) is 0 Å². The summed E-state index contributed by atoms with van der Waals surface area (Å²) in [6, 6.07) is 9.22. The third-order valence-corrected chi connectivity index (χ3v) is 6.04. The van der Waals surface area contributed by atoms with E-state index in [0.717, 1.165) is 48.4 Å². The van der Waals surface area contributed by atoms with Crippen molar-refractivity contribution in [2.45, 2.75) is 37.6 Å². The Hall–Kier alpha value is -2.16. The fourth-order valence-electron chi connectivity index (χ4n) is 3.69. The maximum atomic E-state index is 12.7. The molecule has 1 aromatic carbocycles. The molecule has 3 rings (SSSR count). The van der Waals surface area contributed by atoms with E-state index in [1.807, 2.05) is 32.0 Å². The number of thioether (sulfide) groups is 1. The fourth-order valence-corrected chi connectivity index (χ4v) is 4.64. The van der Waals surface area contributed by atoms with Crippen LogP contribution in [-0.4, -0.2) is 72.5 Å². The van der Waals surface area contributed by atoms with Crippen molar-refractivity contribution in [2.24, 2.45) is 0 Å². The highest BCUT2D eigenvalue weighted by Gasteiger charge is 2.31. The summed E-state index contributed by atoms with van der Waals surface area (Å²) in [6.45, 7) is 6.60. The summed E-state index contributed by atoms with van der Waals surface area (Å²) in [7, 11) is 3.28. The van der Waals surface area contributed by atoms with Gasteiger partial charge in [-0.3, -0.25) is 9.69 Å². The molecule has 1 aliphatic rings. The molecular weight excluding hydrogens is 400 g/mol. The van der Waals surface area contributed by atoms with E-state index in [1.165, 1.54) is 0 Å². The second-order valence-corrected chi connectivity index (χ2v) is 8.49. The maximum absolute atomic E-state index is 12.7. The number of ether oxygens (including phenoxy) is 2. The molecule has 1 saturated heterocycles. The minimum atomic E-state index is -0.129. The number of para-hydroxylation sites is 1. The molecule has 2 aromatic rings. The van der Waals surface area contributed by atoms with Gasteiger partial charge < -0.3 is 14.8 Å². The van der Waals surface area contributed by atoms with Gasteiger partial charge in [0.2, 0.25) is 0 Å². The molecule has 0 spiro atoms. The highest BCUT2D eigenvalue weighted by molar-refractivity contribution is 7.99. The number of hydrogen-bond donors (Lipinski definition) is 1. The summed E-state index contributed by atoms with van der Waals surface area (Å²) in [5, 5.41) is 3.96. The Morgan fingerprint density at radius 1 is 1.23 bits per heavy atom. The molecule has 7 nitrogen and oxygen atoms in total. The predicted molar refractivity (Wildman–Crippen MR) is 118 cm³/mol. The molecule has 8 heteroatoms. The van der Waals surface area contributed by atoms with Crippen molar-refractivity contribution < 1.29 is 14.3 Å². The van der Waals surface area contributed by atoms with Crippen LogP contribution < -0.4 is 10.1 Å². The van der Waals surface area contributed by atoms with Crippen LogP contribution in [0.2, 0.25) is 0 Å². The number of aryl methyl sites for hydroxylation is 2. The smallest absolute Gasteiger partial charge is 0.255 e. The van der Waals surface area contributed by atoms with E-state index >= 15 is 0 Å². The number of carbonyl (C=O) groups excluding carboxylic acids is 1. The molecule has 2 heterocycles. The van der Waals surface area contributed by atoms with Gasteiger partial charge in [0.1, 0.15) is 5.75 Å². The van der Waals surface area contributed by atoms with Gasteiger partial charge in [0.15, 0.2) is 5.16 Å². The Labute approximate surface area is 182 Å². The van der Waals surface area contributed by atoms with Gasteiger partial charge in [-0.05, 0) is 38.5 Å². The molecule has 2 atom stereocenters. The summed E-state index contributed by atoms with van der Waals surface area (Å²) in [6.07, 6.45) is 0.782. The van der Waals surface area contributed by atoms with Crippen molar-refractivity contribution in [1.29, 1.82) is 0 Å². The molecule has 0 saturated carbocycles. The van der Waals surface area contributed by atoms with Crippen LogP contribution in [-0.2, 0) is 4.74 Å². The standard InChI is InChI=1S/C22H30N4O3S/c1-15-13-16(2)24-22(23-15)30-12-11-26-10-9-18(20(14-26)29-4)25-21(27)17-7-5-6-8-19(17)28-3/h5-8,13,18,20H,9-12,14H2,1-4H3,(H,25,27). The summed E-state index contributed by atoms with van der Waals surface area (Å²) in [4.78, 5) is 24.1. The first-order chi connectivity index (χ1) is 14.5. The van der Waals surface area contributed by atoms with E-state index in [1.54, 1.807) is 38.1 Å². The van der Waals surface area contributed by atoms with Gasteiger partial charge in [-0.15, -0.1) is 0 Å². The van der Waals surface area contributed by atoms with Crippen LogP contribution in [0.3, 0.4) is 0 Å². The average Bonchev–Trinajstić information content (AvgIpc) is 2.73. The van der Waals surface area contributed by atoms with Crippen molar-refractivity contribution in [3.8, 4) is 5.75 Å². The summed E-state index contributed by atoms with van der Waals surface area (Å²) in [5.74, 6) is 1.36. The topological polar surface area (TPSA) is 76.6 Å². The number of aromatic nitrogens is 2. The van der Waals surface area contributed by atoms with Gasteiger partial charge in [0.25, 0.3) is 5.91 Å². The second kappa shape index (κ2) is 10.7. The number of hydrogen-bond acceptors (Lipinski definition) is 7. The number of benzene rings is 1. The van der Waals surface area contributed by atoms with E-state index in [2.05, 4.69) is 20.2 Å². The minimum Gasteiger partial charge on any atom is -0.496 e. The third kappa shape index (κ3) is 5.93. The highest BCUT2D eigenvalue weighted by Crippen LogP contribution is 2.20. The molecule has 0 aliphatic carbocycles. The number of amides is 1. The Morgan fingerprint density at radius 3 is 2.67 bits per heavy atom. The molecule has 0 radical (unpaired) electrons. The largest absolute Gasteiger partial charge is 0.496 e. The second-order valence-electron chi connectivity index (χ2n) is 7.43. The van der Waals surface area contributed by atoms with Crippen molar-refractivity contribution in [3.63, 3.8) is 0 Å². The van der Waals surface area contributed by atoms with Gasteiger partial charge in [0.05, 0.1) is 24.8 Å². The van der Waals surface area contributed by atoms with Gasteiger partial charge in [-0.25, -0.2) is 9.97 Å². The SMILES string of the molecule is COc1ccccc1C(=O)NC1CCN(CCSc2nc(C)cc(C)n2)CC1OC. The van der Waals surface area contributed by atoms with Crippen LogP contribution in [0.15, 0.2) is 35.5 Å². The van der Waals surface area contributed by atoms with E-state index in [-0.39, 0.29) is 18.1 Å². The summed E-state index contributed by atoms with van der Waals surface area (Å²) < 4.78 is 11.0. The molecular formula is C22H30N4O3S. The molecule has 1 aliphatic heterocycles. The normalized spacial score (nSPS) is 19.5. The molecule has 1 N–H and O–H groups in total. The Kier molecular flexibility index (Phi) is 8.07. The van der Waals surface area contributed by atoms with Crippen molar-refractivity contribution >= 4 is 17.7 Å². The van der Waals surface area contributed by atoms with E-state index in [9.17, 15) is 4.79 Å². The third-order valence-electron chi connectivity index (χ3n) is 5.21. The molecule has 0 bridgehead atoms. The number of nitrogens with zero attached hydrogens (tertiary/aromatic N) is 3. The highest BCUT2D eigenvalue weighted by atomic mass is 32.2. The minimum absolute atomic E-state index is 0.0286. The summed E-state index contributed by atoms with van der Waals surface area (Å²) in [5.41, 5.74) is 2.54. The molecule has 1 fully saturated rings. The first kappa shape index (κ1) is 22.5. The zero-order valence-electron chi connectivity index (χ0n) is 18.1. The number of piperidine rings is 1. The lowest BCUT2D eigenvalue weighted by atomic mass is 10.0. The zero-order chi connectivity index (χ0) is 21.5. The lowest BCUT2D eigenvalue weighted by molar-refractivity contribution is 0.00833. The quantitative estimate of drug-likeness (QED) is 0.510. The van der Waals surface area contributed by atoms with E-state index in [4.69, 9.17) is 9.47 Å². The number of methoxy groups -OCH3 is 2. The number of rotatable bonds is 8. The average molecular weight is 431 g/mol. The lowest BCUT2D eigenvalue weighted by Gasteiger charge is -2.38. The van der Waals surface area contributed by atoms with E-state index in [0.29, 0.717) is 11.3 Å². The molecule has 1 amide bonds. The Morgan fingerprint density at radius 2 is 1.97 bits per heavy atom. The fraction of sp³-hybridized carbons (Fsp3) is 0.500. The predicted octanol–water partition coefficient (Wildman–Crippen LogP) is 2.71. The number of carbonyl (C=O) groups is 1. The van der Waals surface area contributed by atoms with Crippen molar-refractivity contribution in [3.05, 3.63) is 47.3 Å². The zero-order valence-corrected chi connectivity index (χ0v) is 18.9. The number of likely N-dealkylation sites (tertiary alicyclic amines) is 1. The van der Waals surface area contributed by atoms with Crippen LogP contribution in [0.1, 0.15) is 28.2 Å². The lowest BCUT2D eigenvalue weighted by Crippen LogP contribution is -2.55. The maximum Gasteiger partial charge on any atom is 0.255 e. The Bertz CT molecular complexity index is 844. The molecule has 2 unspecified atom stereocenters.